The predicted molar refractivity (Wildman–Crippen MR) is 84.7 cm³/mol. The number of alkyl halides is 3. The fourth-order valence-electron chi connectivity index (χ4n) is 2.93. The first kappa shape index (κ1) is 17.5. The number of amides is 1. The molecule has 24 heavy (non-hydrogen) atoms. The van der Waals surface area contributed by atoms with Gasteiger partial charge < -0.3 is 14.5 Å². The Hall–Kier alpha value is -1.35. The summed E-state index contributed by atoms with van der Waals surface area (Å²) in [6.45, 7) is 2.69. The summed E-state index contributed by atoms with van der Waals surface area (Å²) in [5.74, 6) is 0.471. The van der Waals surface area contributed by atoms with Crippen LogP contribution in [0.1, 0.15) is 18.4 Å². The maximum atomic E-state index is 12.7. The zero-order valence-electron chi connectivity index (χ0n) is 12.9. The largest absolute Gasteiger partial charge is 0.417 e. The van der Waals surface area contributed by atoms with Crippen LogP contribution in [-0.2, 0) is 15.7 Å². The van der Waals surface area contributed by atoms with E-state index in [-0.39, 0.29) is 12.0 Å². The molecule has 1 aromatic heterocycles. The highest BCUT2D eigenvalue weighted by Gasteiger charge is 2.33. The number of aromatic nitrogens is 1. The summed E-state index contributed by atoms with van der Waals surface area (Å²) < 4.78 is 43.8. The van der Waals surface area contributed by atoms with E-state index in [1.165, 1.54) is 0 Å². The minimum Gasteiger partial charge on any atom is -0.368 e. The smallest absolute Gasteiger partial charge is 0.368 e. The molecule has 1 aromatic rings. The fraction of sp³-hybridized carbons (Fsp3) is 0.600. The number of rotatable bonds is 2. The van der Waals surface area contributed by atoms with Gasteiger partial charge in [0.25, 0.3) is 5.91 Å². The van der Waals surface area contributed by atoms with E-state index in [9.17, 15) is 18.0 Å². The summed E-state index contributed by atoms with van der Waals surface area (Å²) in [5.41, 5.74) is -0.787. The second-order valence-electron chi connectivity index (χ2n) is 5.84. The summed E-state index contributed by atoms with van der Waals surface area (Å²) in [6.07, 6.45) is -2.26. The van der Waals surface area contributed by atoms with Crippen molar-refractivity contribution >= 4 is 27.7 Å². The molecule has 0 saturated carbocycles. The topological polar surface area (TPSA) is 45.7 Å². The lowest BCUT2D eigenvalue weighted by molar-refractivity contribution is -0.141. The third kappa shape index (κ3) is 3.66. The van der Waals surface area contributed by atoms with Gasteiger partial charge in [0.15, 0.2) is 0 Å². The summed E-state index contributed by atoms with van der Waals surface area (Å²) in [7, 11) is 0. The van der Waals surface area contributed by atoms with Crippen LogP contribution in [0.2, 0.25) is 0 Å². The van der Waals surface area contributed by atoms with Gasteiger partial charge in [0.2, 0.25) is 0 Å². The van der Waals surface area contributed by atoms with Crippen molar-refractivity contribution in [2.24, 2.45) is 0 Å². The van der Waals surface area contributed by atoms with E-state index >= 15 is 0 Å². The highest BCUT2D eigenvalue weighted by atomic mass is 79.9. The summed E-state index contributed by atoms with van der Waals surface area (Å²) in [5, 5.41) is 0. The minimum absolute atomic E-state index is 0.00611. The Morgan fingerprint density at radius 1 is 1.29 bits per heavy atom. The molecule has 0 aromatic carbocycles. The average molecular weight is 408 g/mol. The first-order valence-corrected chi connectivity index (χ1v) is 8.53. The molecule has 2 saturated heterocycles. The number of nitrogens with zero attached hydrogens (tertiary/aromatic N) is 3. The SMILES string of the molecule is O=C(C1CCCO1)N1CCN(c2ncc(C(F)(F)F)cc2Br)CC1. The second kappa shape index (κ2) is 6.87. The van der Waals surface area contributed by atoms with E-state index in [1.54, 1.807) is 4.90 Å². The van der Waals surface area contributed by atoms with Gasteiger partial charge in [-0.25, -0.2) is 4.98 Å². The lowest BCUT2D eigenvalue weighted by Crippen LogP contribution is -2.51. The molecule has 3 heterocycles. The average Bonchev–Trinajstić information content (AvgIpc) is 3.08. The molecule has 0 N–H and O–H groups in total. The molecule has 2 fully saturated rings. The zero-order valence-corrected chi connectivity index (χ0v) is 14.4. The molecule has 9 heteroatoms. The molecule has 1 atom stereocenters. The number of piperazine rings is 1. The van der Waals surface area contributed by atoms with Crippen LogP contribution in [0, 0.1) is 0 Å². The van der Waals surface area contributed by atoms with Crippen LogP contribution in [0.25, 0.3) is 0 Å². The van der Waals surface area contributed by atoms with Crippen LogP contribution in [0.5, 0.6) is 0 Å². The van der Waals surface area contributed by atoms with Gasteiger partial charge in [0, 0.05) is 39.0 Å². The maximum Gasteiger partial charge on any atom is 0.417 e. The number of anilines is 1. The van der Waals surface area contributed by atoms with Gasteiger partial charge in [-0.1, -0.05) is 0 Å². The number of carbonyl (C=O) groups is 1. The van der Waals surface area contributed by atoms with Gasteiger partial charge in [-0.3, -0.25) is 4.79 Å². The van der Waals surface area contributed by atoms with Gasteiger partial charge in [-0.05, 0) is 34.8 Å². The number of ether oxygens (including phenoxy) is 1. The Morgan fingerprint density at radius 3 is 2.54 bits per heavy atom. The van der Waals surface area contributed by atoms with Gasteiger partial charge in [0.05, 0.1) is 10.0 Å². The molecule has 2 aliphatic heterocycles. The summed E-state index contributed by atoms with van der Waals surface area (Å²) in [6, 6.07) is 1.03. The van der Waals surface area contributed by atoms with Crippen molar-refractivity contribution in [1.29, 1.82) is 0 Å². The Bertz CT molecular complexity index is 612. The van der Waals surface area contributed by atoms with E-state index < -0.39 is 11.7 Å². The van der Waals surface area contributed by atoms with Gasteiger partial charge in [-0.15, -0.1) is 0 Å². The normalized spacial score (nSPS) is 22.1. The third-order valence-corrected chi connectivity index (χ3v) is 4.83. The maximum absolute atomic E-state index is 12.7. The number of pyridine rings is 1. The number of hydrogen-bond acceptors (Lipinski definition) is 4. The molecule has 0 spiro atoms. The number of halogens is 4. The fourth-order valence-corrected chi connectivity index (χ4v) is 3.53. The van der Waals surface area contributed by atoms with Crippen LogP contribution in [0.3, 0.4) is 0 Å². The second-order valence-corrected chi connectivity index (χ2v) is 6.70. The molecule has 0 bridgehead atoms. The molecule has 132 valence electrons. The predicted octanol–water partition coefficient (Wildman–Crippen LogP) is 2.69. The number of hydrogen-bond donors (Lipinski definition) is 0. The lowest BCUT2D eigenvalue weighted by Gasteiger charge is -2.36. The molecule has 5 nitrogen and oxygen atoms in total. The van der Waals surface area contributed by atoms with Crippen LogP contribution >= 0.6 is 15.9 Å². The van der Waals surface area contributed by atoms with Crippen molar-refractivity contribution in [2.75, 3.05) is 37.7 Å². The first-order valence-electron chi connectivity index (χ1n) is 7.74. The number of carbonyl (C=O) groups excluding carboxylic acids is 1. The molecule has 1 amide bonds. The quantitative estimate of drug-likeness (QED) is 0.755. The van der Waals surface area contributed by atoms with E-state index in [2.05, 4.69) is 20.9 Å². The van der Waals surface area contributed by atoms with Gasteiger partial charge in [-0.2, -0.15) is 13.2 Å². The highest BCUT2D eigenvalue weighted by molar-refractivity contribution is 9.10. The molecular weight excluding hydrogens is 391 g/mol. The van der Waals surface area contributed by atoms with Crippen molar-refractivity contribution < 1.29 is 22.7 Å². The Balaban J connectivity index is 1.63. The molecule has 1 unspecified atom stereocenters. The highest BCUT2D eigenvalue weighted by Crippen LogP contribution is 2.34. The van der Waals surface area contributed by atoms with Crippen LogP contribution < -0.4 is 4.90 Å². The first-order chi connectivity index (χ1) is 11.4. The lowest BCUT2D eigenvalue weighted by atomic mass is 10.2. The van der Waals surface area contributed by atoms with Crippen LogP contribution in [0.4, 0.5) is 19.0 Å². The molecule has 0 radical (unpaired) electrons. The van der Waals surface area contributed by atoms with Crippen molar-refractivity contribution in [2.45, 2.75) is 25.1 Å². The Labute approximate surface area is 145 Å². The van der Waals surface area contributed by atoms with Crippen molar-refractivity contribution in [3.8, 4) is 0 Å². The van der Waals surface area contributed by atoms with E-state index in [1.807, 2.05) is 4.90 Å². The Kier molecular flexibility index (Phi) is 5.00. The van der Waals surface area contributed by atoms with Crippen LogP contribution in [-0.4, -0.2) is 54.7 Å². The van der Waals surface area contributed by atoms with Gasteiger partial charge >= 0.3 is 6.18 Å². The molecule has 2 aliphatic rings. The van der Waals surface area contributed by atoms with Crippen molar-refractivity contribution in [3.05, 3.63) is 22.3 Å². The monoisotopic (exact) mass is 407 g/mol. The van der Waals surface area contributed by atoms with E-state index in [4.69, 9.17) is 4.74 Å². The summed E-state index contributed by atoms with van der Waals surface area (Å²) in [4.78, 5) is 19.9. The van der Waals surface area contributed by atoms with Crippen molar-refractivity contribution in [1.82, 2.24) is 9.88 Å². The zero-order chi connectivity index (χ0) is 17.3. The third-order valence-electron chi connectivity index (χ3n) is 4.25. The minimum atomic E-state index is -4.42. The van der Waals surface area contributed by atoms with Gasteiger partial charge in [0.1, 0.15) is 11.9 Å². The standard InChI is InChI=1S/C15H17BrF3N3O2/c16-11-8-10(15(17,18)19)9-20-13(11)21-3-5-22(6-4-21)14(23)12-2-1-7-24-12/h8-9,12H,1-7H2. The summed E-state index contributed by atoms with van der Waals surface area (Å²) >= 11 is 3.17. The van der Waals surface area contributed by atoms with Crippen molar-refractivity contribution in [3.63, 3.8) is 0 Å². The molecular formula is C15H17BrF3N3O2. The van der Waals surface area contributed by atoms with E-state index in [0.717, 1.165) is 25.1 Å². The van der Waals surface area contributed by atoms with E-state index in [0.29, 0.717) is 43.1 Å². The molecule has 0 aliphatic carbocycles. The Morgan fingerprint density at radius 2 is 2.00 bits per heavy atom. The molecule has 3 rings (SSSR count). The van der Waals surface area contributed by atoms with Crippen LogP contribution in [0.15, 0.2) is 16.7 Å².